The maximum Gasteiger partial charge on any atom is 0.515 e. The molecule has 0 bridgehead atoms. The number of hydrogen-bond acceptors (Lipinski definition) is 7. The first-order valence-electron chi connectivity index (χ1n) is 4.88. The van der Waals surface area contributed by atoms with Crippen molar-refractivity contribution in [2.75, 3.05) is 6.61 Å². The molecule has 0 saturated carbocycles. The van der Waals surface area contributed by atoms with E-state index in [0.29, 0.717) is 5.01 Å². The first kappa shape index (κ1) is 11.5. The Morgan fingerprint density at radius 3 is 3.06 bits per heavy atom. The van der Waals surface area contributed by atoms with Gasteiger partial charge in [-0.2, -0.15) is 0 Å². The fourth-order valence-electron chi connectivity index (χ4n) is 1.08. The summed E-state index contributed by atoms with van der Waals surface area (Å²) in [4.78, 5) is 15.0. The van der Waals surface area contributed by atoms with Gasteiger partial charge in [-0.15, -0.1) is 5.10 Å². The van der Waals surface area contributed by atoms with Crippen LogP contribution in [0.15, 0.2) is 24.5 Å². The van der Waals surface area contributed by atoms with Gasteiger partial charge in [-0.25, -0.2) is 4.79 Å². The number of carbonyl (C=O) groups excluding carboxylic acids is 1. The molecule has 0 fully saturated rings. The van der Waals surface area contributed by atoms with E-state index in [0.717, 1.165) is 16.9 Å². The zero-order valence-electron chi connectivity index (χ0n) is 8.99. The molecule has 0 N–H and O–H groups in total. The molecule has 2 heterocycles. The van der Waals surface area contributed by atoms with Crippen molar-refractivity contribution in [3.8, 4) is 15.8 Å². The maximum atomic E-state index is 11.0. The van der Waals surface area contributed by atoms with Crippen molar-refractivity contribution in [3.05, 3.63) is 24.5 Å². The molecule has 0 aromatic carbocycles. The third kappa shape index (κ3) is 2.97. The smallest absolute Gasteiger partial charge is 0.434 e. The highest BCUT2D eigenvalue weighted by molar-refractivity contribution is 7.16. The average Bonchev–Trinajstić information content (AvgIpc) is 2.79. The summed E-state index contributed by atoms with van der Waals surface area (Å²) in [6.45, 7) is 1.95. The van der Waals surface area contributed by atoms with Gasteiger partial charge in [-0.05, 0) is 19.1 Å². The van der Waals surface area contributed by atoms with E-state index in [9.17, 15) is 4.79 Å². The first-order valence-corrected chi connectivity index (χ1v) is 5.69. The van der Waals surface area contributed by atoms with Gasteiger partial charge in [0.05, 0.1) is 6.61 Å². The largest absolute Gasteiger partial charge is 0.515 e. The van der Waals surface area contributed by atoms with Crippen LogP contribution in [0, 0.1) is 0 Å². The third-order valence-corrected chi connectivity index (χ3v) is 2.60. The molecule has 2 aromatic rings. The zero-order valence-corrected chi connectivity index (χ0v) is 9.81. The molecule has 88 valence electrons. The van der Waals surface area contributed by atoms with E-state index in [2.05, 4.69) is 19.9 Å². The molecule has 0 radical (unpaired) electrons. The van der Waals surface area contributed by atoms with Gasteiger partial charge in [0.15, 0.2) is 5.01 Å². The number of carbonyl (C=O) groups is 1. The van der Waals surface area contributed by atoms with Crippen LogP contribution in [0.25, 0.3) is 10.6 Å². The number of pyridine rings is 1. The summed E-state index contributed by atoms with van der Waals surface area (Å²) >= 11 is 1.15. The number of rotatable bonds is 3. The lowest BCUT2D eigenvalue weighted by atomic mass is 10.3. The Bertz CT molecular complexity index is 501. The van der Waals surface area contributed by atoms with Crippen LogP contribution in [0.4, 0.5) is 4.79 Å². The summed E-state index contributed by atoms with van der Waals surface area (Å²) in [5.74, 6) is 0. The van der Waals surface area contributed by atoms with Crippen LogP contribution in [0.3, 0.4) is 0 Å². The second kappa shape index (κ2) is 5.35. The summed E-state index contributed by atoms with van der Waals surface area (Å²) in [5.41, 5.74) is 0.823. The van der Waals surface area contributed by atoms with Crippen molar-refractivity contribution in [1.82, 2.24) is 15.2 Å². The Hall–Kier alpha value is -2.02. The van der Waals surface area contributed by atoms with Crippen LogP contribution < -0.4 is 4.74 Å². The lowest BCUT2D eigenvalue weighted by Gasteiger charge is -1.97. The van der Waals surface area contributed by atoms with Crippen LogP contribution >= 0.6 is 11.3 Å². The zero-order chi connectivity index (χ0) is 12.1. The molecule has 2 aromatic heterocycles. The normalized spacial score (nSPS) is 9.94. The Morgan fingerprint density at radius 1 is 1.47 bits per heavy atom. The van der Waals surface area contributed by atoms with Crippen molar-refractivity contribution in [1.29, 1.82) is 0 Å². The lowest BCUT2D eigenvalue weighted by Crippen LogP contribution is -2.09. The van der Waals surface area contributed by atoms with Crippen molar-refractivity contribution >= 4 is 17.5 Å². The molecular formula is C10H9N3O3S. The van der Waals surface area contributed by atoms with Gasteiger partial charge in [-0.3, -0.25) is 4.98 Å². The van der Waals surface area contributed by atoms with Gasteiger partial charge in [0.1, 0.15) is 0 Å². The molecule has 0 atom stereocenters. The predicted molar refractivity (Wildman–Crippen MR) is 60.8 cm³/mol. The minimum atomic E-state index is -0.776. The summed E-state index contributed by atoms with van der Waals surface area (Å²) < 4.78 is 9.45. The van der Waals surface area contributed by atoms with Gasteiger partial charge < -0.3 is 9.47 Å². The van der Waals surface area contributed by atoms with E-state index < -0.39 is 6.16 Å². The molecule has 0 amide bonds. The van der Waals surface area contributed by atoms with Crippen LogP contribution in [-0.2, 0) is 4.74 Å². The SMILES string of the molecule is CCOC(=O)Oc1nnc(-c2cccnc2)s1. The molecule has 2 rings (SSSR count). The van der Waals surface area contributed by atoms with Gasteiger partial charge in [0.2, 0.25) is 0 Å². The number of ether oxygens (including phenoxy) is 2. The highest BCUT2D eigenvalue weighted by atomic mass is 32.1. The van der Waals surface area contributed by atoms with E-state index in [-0.39, 0.29) is 11.8 Å². The molecular weight excluding hydrogens is 242 g/mol. The molecule has 0 saturated heterocycles. The highest BCUT2D eigenvalue weighted by Gasteiger charge is 2.11. The predicted octanol–water partition coefficient (Wildman–Crippen LogP) is 2.14. The van der Waals surface area contributed by atoms with E-state index in [1.165, 1.54) is 0 Å². The molecule has 6 nitrogen and oxygen atoms in total. The second-order valence-corrected chi connectivity index (χ2v) is 3.84. The highest BCUT2D eigenvalue weighted by Crippen LogP contribution is 2.27. The van der Waals surface area contributed by atoms with Gasteiger partial charge in [0.25, 0.3) is 0 Å². The lowest BCUT2D eigenvalue weighted by molar-refractivity contribution is 0.104. The van der Waals surface area contributed by atoms with Crippen molar-refractivity contribution < 1.29 is 14.3 Å². The Kier molecular flexibility index (Phi) is 3.61. The minimum Gasteiger partial charge on any atom is -0.434 e. The first-order chi connectivity index (χ1) is 8.29. The number of hydrogen-bond donors (Lipinski definition) is 0. The summed E-state index contributed by atoms with van der Waals surface area (Å²) in [6, 6.07) is 3.64. The molecule has 0 spiro atoms. The van der Waals surface area contributed by atoms with E-state index in [4.69, 9.17) is 4.74 Å². The van der Waals surface area contributed by atoms with Crippen molar-refractivity contribution in [2.45, 2.75) is 6.92 Å². The number of nitrogens with zero attached hydrogens (tertiary/aromatic N) is 3. The van der Waals surface area contributed by atoms with Gasteiger partial charge in [-0.1, -0.05) is 16.4 Å². The minimum absolute atomic E-state index is 0.155. The fraction of sp³-hybridized carbons (Fsp3) is 0.200. The average molecular weight is 251 g/mol. The topological polar surface area (TPSA) is 74.2 Å². The summed E-state index contributed by atoms with van der Waals surface area (Å²) in [6.07, 6.45) is 2.55. The van der Waals surface area contributed by atoms with E-state index in [1.807, 2.05) is 6.07 Å². The van der Waals surface area contributed by atoms with Crippen molar-refractivity contribution in [3.63, 3.8) is 0 Å². The van der Waals surface area contributed by atoms with Crippen LogP contribution in [0.1, 0.15) is 6.92 Å². The standard InChI is InChI=1S/C10H9N3O3S/c1-2-15-10(14)16-9-13-12-8(17-9)7-4-3-5-11-6-7/h3-6H,2H2,1H3. The Balaban J connectivity index is 2.09. The molecule has 0 aliphatic heterocycles. The van der Waals surface area contributed by atoms with Crippen LogP contribution in [0.2, 0.25) is 0 Å². The Morgan fingerprint density at radius 2 is 2.35 bits per heavy atom. The van der Waals surface area contributed by atoms with Gasteiger partial charge >= 0.3 is 11.3 Å². The maximum absolute atomic E-state index is 11.0. The van der Waals surface area contributed by atoms with E-state index in [1.54, 1.807) is 25.4 Å². The summed E-state index contributed by atoms with van der Waals surface area (Å²) in [5, 5.41) is 8.42. The quantitative estimate of drug-likeness (QED) is 0.778. The molecule has 17 heavy (non-hydrogen) atoms. The number of aromatic nitrogens is 3. The fourth-order valence-corrected chi connectivity index (χ4v) is 1.75. The van der Waals surface area contributed by atoms with Crippen LogP contribution in [0.5, 0.6) is 5.19 Å². The molecule has 0 unspecified atom stereocenters. The summed E-state index contributed by atoms with van der Waals surface area (Å²) in [7, 11) is 0. The second-order valence-electron chi connectivity index (χ2n) is 2.90. The van der Waals surface area contributed by atoms with Crippen molar-refractivity contribution in [2.24, 2.45) is 0 Å². The Labute approximate surface area is 101 Å². The molecule has 7 heteroatoms. The van der Waals surface area contributed by atoms with E-state index >= 15 is 0 Å². The van der Waals surface area contributed by atoms with Crippen LogP contribution in [-0.4, -0.2) is 27.9 Å². The third-order valence-electron chi connectivity index (χ3n) is 1.75. The molecule has 0 aliphatic carbocycles. The van der Waals surface area contributed by atoms with Gasteiger partial charge in [0, 0.05) is 18.0 Å². The molecule has 0 aliphatic rings. The monoisotopic (exact) mass is 251 g/mol.